The van der Waals surface area contributed by atoms with Gasteiger partial charge in [0.1, 0.15) is 0 Å². The molecule has 1 saturated heterocycles. The quantitative estimate of drug-likeness (QED) is 0.842. The third-order valence-electron chi connectivity index (χ3n) is 5.67. The molecule has 4 rings (SSSR count). The van der Waals surface area contributed by atoms with Crippen LogP contribution in [0, 0.1) is 0 Å². The molecular formula is C20H26N4O. The summed E-state index contributed by atoms with van der Waals surface area (Å²) >= 11 is 0. The van der Waals surface area contributed by atoms with Crippen molar-refractivity contribution >= 4 is 5.91 Å². The zero-order chi connectivity index (χ0) is 17.1. The van der Waals surface area contributed by atoms with E-state index in [1.54, 1.807) is 0 Å². The standard InChI is InChI=1S/C20H26N4O/c25-19(21-16-20(9-10-20)17-6-2-1-3-7-17)15-23-12-4-8-18(23)14-24-13-5-11-22-24/h1-3,5-7,11,13,18H,4,8-10,12,14-16H2,(H,21,25). The van der Waals surface area contributed by atoms with Gasteiger partial charge in [0.2, 0.25) is 5.91 Å². The third-order valence-corrected chi connectivity index (χ3v) is 5.67. The van der Waals surface area contributed by atoms with Crippen molar-refractivity contribution in [2.45, 2.75) is 43.7 Å². The van der Waals surface area contributed by atoms with Crippen molar-refractivity contribution in [3.63, 3.8) is 0 Å². The largest absolute Gasteiger partial charge is 0.354 e. The highest BCUT2D eigenvalue weighted by atomic mass is 16.2. The van der Waals surface area contributed by atoms with E-state index in [4.69, 9.17) is 0 Å². The second-order valence-corrected chi connectivity index (χ2v) is 7.42. The molecule has 1 aliphatic heterocycles. The van der Waals surface area contributed by atoms with Gasteiger partial charge in [-0.2, -0.15) is 5.10 Å². The van der Waals surface area contributed by atoms with Gasteiger partial charge in [-0.15, -0.1) is 0 Å². The van der Waals surface area contributed by atoms with Crippen molar-refractivity contribution in [1.29, 1.82) is 0 Å². The Morgan fingerprint density at radius 2 is 2.08 bits per heavy atom. The third kappa shape index (κ3) is 3.76. The lowest BCUT2D eigenvalue weighted by atomic mass is 9.96. The summed E-state index contributed by atoms with van der Waals surface area (Å²) in [6, 6.07) is 12.9. The van der Waals surface area contributed by atoms with Gasteiger partial charge in [-0.1, -0.05) is 30.3 Å². The lowest BCUT2D eigenvalue weighted by Crippen LogP contribution is -2.43. The summed E-state index contributed by atoms with van der Waals surface area (Å²) in [7, 11) is 0. The van der Waals surface area contributed by atoms with Gasteiger partial charge in [-0.25, -0.2) is 0 Å². The fraction of sp³-hybridized carbons (Fsp3) is 0.500. The minimum atomic E-state index is 0.148. The van der Waals surface area contributed by atoms with Gasteiger partial charge in [0.25, 0.3) is 0 Å². The van der Waals surface area contributed by atoms with Crippen LogP contribution in [0.5, 0.6) is 0 Å². The van der Waals surface area contributed by atoms with Gasteiger partial charge < -0.3 is 5.32 Å². The van der Waals surface area contributed by atoms with Crippen LogP contribution in [0.4, 0.5) is 0 Å². The fourth-order valence-corrected chi connectivity index (χ4v) is 3.95. The number of amides is 1. The molecular weight excluding hydrogens is 312 g/mol. The van der Waals surface area contributed by atoms with Crippen molar-refractivity contribution in [2.75, 3.05) is 19.6 Å². The molecule has 1 saturated carbocycles. The van der Waals surface area contributed by atoms with Gasteiger partial charge >= 0.3 is 0 Å². The molecule has 1 aromatic carbocycles. The molecule has 1 aliphatic carbocycles. The van der Waals surface area contributed by atoms with Gasteiger partial charge in [0, 0.05) is 30.4 Å². The number of carbonyl (C=O) groups is 1. The maximum Gasteiger partial charge on any atom is 0.234 e. The summed E-state index contributed by atoms with van der Waals surface area (Å²) in [5.74, 6) is 0.148. The van der Waals surface area contributed by atoms with E-state index in [0.717, 1.165) is 32.5 Å². The Bertz CT molecular complexity index is 694. The van der Waals surface area contributed by atoms with Crippen molar-refractivity contribution in [1.82, 2.24) is 20.0 Å². The molecule has 1 unspecified atom stereocenters. The Balaban J connectivity index is 1.29. The van der Waals surface area contributed by atoms with E-state index in [0.29, 0.717) is 12.6 Å². The molecule has 5 nitrogen and oxygen atoms in total. The molecule has 0 radical (unpaired) electrons. The zero-order valence-electron chi connectivity index (χ0n) is 14.6. The van der Waals surface area contributed by atoms with E-state index in [1.807, 2.05) is 29.2 Å². The Labute approximate surface area is 149 Å². The van der Waals surface area contributed by atoms with Crippen molar-refractivity contribution < 1.29 is 4.79 Å². The first-order valence-electron chi connectivity index (χ1n) is 9.29. The van der Waals surface area contributed by atoms with Crippen LogP contribution >= 0.6 is 0 Å². The number of nitrogens with zero attached hydrogens (tertiary/aromatic N) is 3. The lowest BCUT2D eigenvalue weighted by Gasteiger charge is -2.24. The maximum absolute atomic E-state index is 12.5. The predicted molar refractivity (Wildman–Crippen MR) is 97.2 cm³/mol. The number of carbonyl (C=O) groups excluding carboxylic acids is 1. The number of likely N-dealkylation sites (tertiary alicyclic amines) is 1. The normalized spacial score (nSPS) is 22.0. The molecule has 5 heteroatoms. The van der Waals surface area contributed by atoms with Crippen LogP contribution in [-0.2, 0) is 16.8 Å². The van der Waals surface area contributed by atoms with Gasteiger partial charge in [0.15, 0.2) is 0 Å². The van der Waals surface area contributed by atoms with Crippen LogP contribution in [0.1, 0.15) is 31.2 Å². The number of hydrogen-bond donors (Lipinski definition) is 1. The smallest absolute Gasteiger partial charge is 0.234 e. The Morgan fingerprint density at radius 1 is 1.24 bits per heavy atom. The summed E-state index contributed by atoms with van der Waals surface area (Å²) < 4.78 is 1.97. The van der Waals surface area contributed by atoms with E-state index in [-0.39, 0.29) is 11.3 Å². The van der Waals surface area contributed by atoms with E-state index >= 15 is 0 Å². The summed E-state index contributed by atoms with van der Waals surface area (Å²) in [5, 5.41) is 7.48. The van der Waals surface area contributed by atoms with E-state index in [2.05, 4.69) is 39.6 Å². The van der Waals surface area contributed by atoms with Crippen molar-refractivity contribution in [3.05, 3.63) is 54.4 Å². The highest BCUT2D eigenvalue weighted by molar-refractivity contribution is 5.78. The van der Waals surface area contributed by atoms with Gasteiger partial charge in [-0.3, -0.25) is 14.4 Å². The summed E-state index contributed by atoms with van der Waals surface area (Å²) in [4.78, 5) is 14.8. The number of nitrogens with one attached hydrogen (secondary N) is 1. The molecule has 1 amide bonds. The van der Waals surface area contributed by atoms with Crippen LogP contribution in [0.25, 0.3) is 0 Å². The second kappa shape index (κ2) is 7.00. The summed E-state index contributed by atoms with van der Waals surface area (Å²) in [5.41, 5.74) is 1.53. The summed E-state index contributed by atoms with van der Waals surface area (Å²) in [6.45, 7) is 3.13. The number of rotatable bonds is 7. The second-order valence-electron chi connectivity index (χ2n) is 7.42. The van der Waals surface area contributed by atoms with Crippen LogP contribution in [-0.4, -0.2) is 46.3 Å². The first-order valence-corrected chi connectivity index (χ1v) is 9.29. The van der Waals surface area contributed by atoms with Crippen molar-refractivity contribution in [3.8, 4) is 0 Å². The minimum absolute atomic E-state index is 0.148. The average molecular weight is 338 g/mol. The molecule has 1 atom stereocenters. The molecule has 2 heterocycles. The fourth-order valence-electron chi connectivity index (χ4n) is 3.95. The van der Waals surface area contributed by atoms with Crippen molar-refractivity contribution in [2.24, 2.45) is 0 Å². The first kappa shape index (κ1) is 16.3. The molecule has 0 spiro atoms. The van der Waals surface area contributed by atoms with Crippen LogP contribution in [0.15, 0.2) is 48.8 Å². The Kier molecular flexibility index (Phi) is 4.57. The van der Waals surface area contributed by atoms with Gasteiger partial charge in [0.05, 0.1) is 13.1 Å². The van der Waals surface area contributed by atoms with Crippen LogP contribution in [0.2, 0.25) is 0 Å². The SMILES string of the molecule is O=C(CN1CCCC1Cn1cccn1)NCC1(c2ccccc2)CC1. The maximum atomic E-state index is 12.5. The van der Waals surface area contributed by atoms with E-state index in [1.165, 1.54) is 18.4 Å². The minimum Gasteiger partial charge on any atom is -0.354 e. The molecule has 2 fully saturated rings. The molecule has 25 heavy (non-hydrogen) atoms. The molecule has 2 aromatic rings. The molecule has 132 valence electrons. The highest BCUT2D eigenvalue weighted by Crippen LogP contribution is 2.47. The number of benzene rings is 1. The number of hydrogen-bond acceptors (Lipinski definition) is 3. The number of aromatic nitrogens is 2. The van der Waals surface area contributed by atoms with E-state index in [9.17, 15) is 4.79 Å². The average Bonchev–Trinajstić information content (AvgIpc) is 3.02. The molecule has 2 aliphatic rings. The highest BCUT2D eigenvalue weighted by Gasteiger charge is 2.44. The predicted octanol–water partition coefficient (Wildman–Crippen LogP) is 2.20. The first-order chi connectivity index (χ1) is 12.3. The zero-order valence-corrected chi connectivity index (χ0v) is 14.6. The monoisotopic (exact) mass is 338 g/mol. The molecule has 1 aromatic heterocycles. The van der Waals surface area contributed by atoms with E-state index < -0.39 is 0 Å². The Morgan fingerprint density at radius 3 is 2.80 bits per heavy atom. The summed E-state index contributed by atoms with van der Waals surface area (Å²) in [6.07, 6.45) is 8.44. The van der Waals surface area contributed by atoms with Crippen LogP contribution < -0.4 is 5.32 Å². The van der Waals surface area contributed by atoms with Crippen LogP contribution in [0.3, 0.4) is 0 Å². The lowest BCUT2D eigenvalue weighted by molar-refractivity contribution is -0.122. The molecule has 1 N–H and O–H groups in total. The topological polar surface area (TPSA) is 50.2 Å². The Hall–Kier alpha value is -2.14. The molecule has 0 bridgehead atoms. The van der Waals surface area contributed by atoms with Gasteiger partial charge in [-0.05, 0) is 43.9 Å².